The standard InChI is InChI=1S/C13H12BrN3O2/c1-9(14)13(18)17-12-5-4-11(8-16-12)19-10-3-2-6-15-7-10/h2-9H,1H3,(H,16,17,18). The van der Waals surface area contributed by atoms with Crippen LogP contribution in [0.4, 0.5) is 5.82 Å². The first-order valence-electron chi connectivity index (χ1n) is 5.64. The van der Waals surface area contributed by atoms with Crippen LogP contribution in [0.2, 0.25) is 0 Å². The molecule has 0 aliphatic heterocycles. The zero-order valence-electron chi connectivity index (χ0n) is 10.2. The second-order valence-electron chi connectivity index (χ2n) is 3.78. The molecule has 0 saturated heterocycles. The number of nitrogens with one attached hydrogen (secondary N) is 1. The van der Waals surface area contributed by atoms with Gasteiger partial charge in [0.2, 0.25) is 5.91 Å². The number of hydrogen-bond acceptors (Lipinski definition) is 4. The lowest BCUT2D eigenvalue weighted by atomic mass is 10.4. The van der Waals surface area contributed by atoms with E-state index in [1.165, 1.54) is 0 Å². The van der Waals surface area contributed by atoms with Gasteiger partial charge in [0.15, 0.2) is 0 Å². The molecule has 0 bridgehead atoms. The van der Waals surface area contributed by atoms with E-state index in [-0.39, 0.29) is 10.7 Å². The van der Waals surface area contributed by atoms with E-state index in [2.05, 4.69) is 31.2 Å². The van der Waals surface area contributed by atoms with Gasteiger partial charge < -0.3 is 10.1 Å². The molecule has 2 rings (SSSR count). The van der Waals surface area contributed by atoms with Gasteiger partial charge in [-0.3, -0.25) is 9.78 Å². The Morgan fingerprint density at radius 2 is 2.11 bits per heavy atom. The fourth-order valence-corrected chi connectivity index (χ4v) is 1.40. The maximum Gasteiger partial charge on any atom is 0.239 e. The predicted molar refractivity (Wildman–Crippen MR) is 75.6 cm³/mol. The van der Waals surface area contributed by atoms with Crippen molar-refractivity contribution >= 4 is 27.7 Å². The summed E-state index contributed by atoms with van der Waals surface area (Å²) in [5.74, 6) is 1.55. The third-order valence-electron chi connectivity index (χ3n) is 2.22. The number of nitrogens with zero attached hydrogens (tertiary/aromatic N) is 2. The fourth-order valence-electron chi connectivity index (χ4n) is 1.28. The molecule has 2 aromatic heterocycles. The van der Waals surface area contributed by atoms with Crippen molar-refractivity contribution in [3.05, 3.63) is 42.9 Å². The van der Waals surface area contributed by atoms with Crippen LogP contribution in [0.1, 0.15) is 6.92 Å². The molecule has 0 saturated carbocycles. The molecule has 1 atom stereocenters. The van der Waals surface area contributed by atoms with Gasteiger partial charge in [-0.1, -0.05) is 15.9 Å². The summed E-state index contributed by atoms with van der Waals surface area (Å²) in [6.45, 7) is 1.75. The first-order valence-corrected chi connectivity index (χ1v) is 6.55. The molecular weight excluding hydrogens is 310 g/mol. The molecule has 2 aromatic rings. The Kier molecular flexibility index (Phi) is 4.46. The van der Waals surface area contributed by atoms with E-state index in [9.17, 15) is 4.79 Å². The maximum atomic E-state index is 11.5. The van der Waals surface area contributed by atoms with Crippen LogP contribution in [0.3, 0.4) is 0 Å². The van der Waals surface area contributed by atoms with Gasteiger partial charge in [0, 0.05) is 6.20 Å². The lowest BCUT2D eigenvalue weighted by Crippen LogP contribution is -2.20. The summed E-state index contributed by atoms with van der Waals surface area (Å²) >= 11 is 3.18. The van der Waals surface area contributed by atoms with Crippen molar-refractivity contribution in [2.24, 2.45) is 0 Å². The van der Waals surface area contributed by atoms with Crippen molar-refractivity contribution in [3.63, 3.8) is 0 Å². The van der Waals surface area contributed by atoms with Crippen LogP contribution in [0.25, 0.3) is 0 Å². The van der Waals surface area contributed by atoms with Crippen molar-refractivity contribution in [2.75, 3.05) is 5.32 Å². The Balaban J connectivity index is 2.01. The summed E-state index contributed by atoms with van der Waals surface area (Å²) in [6.07, 6.45) is 4.83. The molecule has 0 aliphatic carbocycles. The van der Waals surface area contributed by atoms with Crippen LogP contribution < -0.4 is 10.1 Å². The Morgan fingerprint density at radius 3 is 2.68 bits per heavy atom. The maximum absolute atomic E-state index is 11.5. The Bertz CT molecular complexity index is 544. The van der Waals surface area contributed by atoms with Gasteiger partial charge in [-0.25, -0.2) is 4.98 Å². The van der Waals surface area contributed by atoms with E-state index in [0.29, 0.717) is 17.3 Å². The molecule has 6 heteroatoms. The van der Waals surface area contributed by atoms with Gasteiger partial charge in [0.1, 0.15) is 17.3 Å². The molecule has 0 aliphatic rings. The second-order valence-corrected chi connectivity index (χ2v) is 5.15. The normalized spacial score (nSPS) is 11.7. The zero-order valence-corrected chi connectivity index (χ0v) is 11.8. The van der Waals surface area contributed by atoms with Crippen LogP contribution in [-0.2, 0) is 4.79 Å². The number of anilines is 1. The van der Waals surface area contributed by atoms with Crippen LogP contribution >= 0.6 is 15.9 Å². The van der Waals surface area contributed by atoms with Crippen LogP contribution in [0, 0.1) is 0 Å². The number of amides is 1. The average molecular weight is 322 g/mol. The van der Waals surface area contributed by atoms with Crippen molar-refractivity contribution in [1.29, 1.82) is 0 Å². The summed E-state index contributed by atoms with van der Waals surface area (Å²) in [5.41, 5.74) is 0. The number of pyridine rings is 2. The SMILES string of the molecule is CC(Br)C(=O)Nc1ccc(Oc2cccnc2)cn1. The topological polar surface area (TPSA) is 64.1 Å². The number of alkyl halides is 1. The molecule has 98 valence electrons. The van der Waals surface area contributed by atoms with Crippen LogP contribution in [0.15, 0.2) is 42.9 Å². The third kappa shape index (κ3) is 4.03. The third-order valence-corrected chi connectivity index (χ3v) is 2.63. The number of hydrogen-bond donors (Lipinski definition) is 1. The minimum absolute atomic E-state index is 0.145. The van der Waals surface area contributed by atoms with Crippen molar-refractivity contribution in [2.45, 2.75) is 11.8 Å². The smallest absolute Gasteiger partial charge is 0.239 e. The molecule has 19 heavy (non-hydrogen) atoms. The summed E-state index contributed by atoms with van der Waals surface area (Å²) < 4.78 is 5.54. The van der Waals surface area contributed by atoms with Crippen molar-refractivity contribution in [3.8, 4) is 11.5 Å². The minimum Gasteiger partial charge on any atom is -0.454 e. The molecule has 2 heterocycles. The summed E-state index contributed by atoms with van der Waals surface area (Å²) in [4.78, 5) is 19.2. The first-order chi connectivity index (χ1) is 9.15. The number of carbonyl (C=O) groups excluding carboxylic acids is 1. The molecule has 0 aromatic carbocycles. The molecule has 0 spiro atoms. The summed E-state index contributed by atoms with van der Waals surface area (Å²) in [6, 6.07) is 7.00. The van der Waals surface area contributed by atoms with E-state index < -0.39 is 0 Å². The van der Waals surface area contributed by atoms with Gasteiger partial charge in [-0.15, -0.1) is 0 Å². The first kappa shape index (κ1) is 13.5. The lowest BCUT2D eigenvalue weighted by Gasteiger charge is -2.07. The average Bonchev–Trinajstić information content (AvgIpc) is 2.42. The molecule has 1 N–H and O–H groups in total. The molecular formula is C13H12BrN3O2. The highest BCUT2D eigenvalue weighted by Gasteiger charge is 2.09. The zero-order chi connectivity index (χ0) is 13.7. The van der Waals surface area contributed by atoms with E-state index in [4.69, 9.17) is 4.74 Å². The Labute approximate surface area is 119 Å². The van der Waals surface area contributed by atoms with Crippen molar-refractivity contribution in [1.82, 2.24) is 9.97 Å². The minimum atomic E-state index is -0.263. The van der Waals surface area contributed by atoms with Crippen molar-refractivity contribution < 1.29 is 9.53 Å². The van der Waals surface area contributed by atoms with E-state index in [1.54, 1.807) is 49.8 Å². The summed E-state index contributed by atoms with van der Waals surface area (Å²) in [5, 5.41) is 2.67. The highest BCUT2D eigenvalue weighted by molar-refractivity contribution is 9.10. The summed E-state index contributed by atoms with van der Waals surface area (Å²) in [7, 11) is 0. The van der Waals surface area contributed by atoms with Gasteiger partial charge in [-0.05, 0) is 31.2 Å². The van der Waals surface area contributed by atoms with Crippen LogP contribution in [-0.4, -0.2) is 20.7 Å². The van der Waals surface area contributed by atoms with Gasteiger partial charge >= 0.3 is 0 Å². The number of ether oxygens (including phenoxy) is 1. The largest absolute Gasteiger partial charge is 0.454 e. The van der Waals surface area contributed by atoms with Crippen LogP contribution in [0.5, 0.6) is 11.5 Å². The number of rotatable bonds is 4. The highest BCUT2D eigenvalue weighted by Crippen LogP contribution is 2.20. The van der Waals surface area contributed by atoms with E-state index >= 15 is 0 Å². The molecule has 5 nitrogen and oxygen atoms in total. The van der Waals surface area contributed by atoms with Gasteiger partial charge in [-0.2, -0.15) is 0 Å². The highest BCUT2D eigenvalue weighted by atomic mass is 79.9. The second kappa shape index (κ2) is 6.29. The monoisotopic (exact) mass is 321 g/mol. The fraction of sp³-hybridized carbons (Fsp3) is 0.154. The quantitative estimate of drug-likeness (QED) is 0.879. The number of carbonyl (C=O) groups is 1. The van der Waals surface area contributed by atoms with E-state index in [1.807, 2.05) is 0 Å². The Morgan fingerprint density at radius 1 is 1.32 bits per heavy atom. The molecule has 1 amide bonds. The molecule has 1 unspecified atom stereocenters. The number of aromatic nitrogens is 2. The molecule has 0 fully saturated rings. The van der Waals surface area contributed by atoms with Gasteiger partial charge in [0.05, 0.1) is 17.2 Å². The Hall–Kier alpha value is -1.95. The molecule has 0 radical (unpaired) electrons. The lowest BCUT2D eigenvalue weighted by molar-refractivity contribution is -0.115. The predicted octanol–water partition coefficient (Wildman–Crippen LogP) is 2.99. The number of halogens is 1. The van der Waals surface area contributed by atoms with E-state index in [0.717, 1.165) is 0 Å². The van der Waals surface area contributed by atoms with Gasteiger partial charge in [0.25, 0.3) is 0 Å².